The molecule has 0 aliphatic carbocycles. The zero-order valence-corrected chi connectivity index (χ0v) is 19.2. The van der Waals surface area contributed by atoms with E-state index in [0.29, 0.717) is 16.1 Å². The van der Waals surface area contributed by atoms with E-state index in [-0.39, 0.29) is 29.4 Å². The highest BCUT2D eigenvalue weighted by atomic mass is 35.5. The number of anilines is 1. The van der Waals surface area contributed by atoms with Crippen molar-refractivity contribution in [3.05, 3.63) is 94.5 Å². The number of rotatable bonds is 6. The Kier molecular flexibility index (Phi) is 6.93. The van der Waals surface area contributed by atoms with Gasteiger partial charge in [-0.05, 0) is 67.1 Å². The molecule has 1 aliphatic heterocycles. The molecule has 35 heavy (non-hydrogen) atoms. The van der Waals surface area contributed by atoms with Crippen molar-refractivity contribution in [2.24, 2.45) is 0 Å². The summed E-state index contributed by atoms with van der Waals surface area (Å²) >= 11 is 5.89. The topological polar surface area (TPSA) is 102 Å². The molecule has 3 aromatic rings. The lowest BCUT2D eigenvalue weighted by atomic mass is 10.1. The predicted molar refractivity (Wildman–Crippen MR) is 129 cm³/mol. The summed E-state index contributed by atoms with van der Waals surface area (Å²) in [5, 5.41) is 2.60. The highest BCUT2D eigenvalue weighted by molar-refractivity contribution is 6.39. The number of barbiturate groups is 1. The molecule has 9 heteroatoms. The van der Waals surface area contributed by atoms with Crippen LogP contribution in [-0.2, 0) is 9.59 Å². The predicted octanol–water partition coefficient (Wildman–Crippen LogP) is 4.62. The molecular weight excluding hydrogens is 472 g/mol. The molecule has 0 radical (unpaired) electrons. The molecule has 1 aliphatic rings. The number of halogens is 1. The number of nitrogens with zero attached hydrogens (tertiary/aromatic N) is 1. The van der Waals surface area contributed by atoms with Gasteiger partial charge in [-0.1, -0.05) is 35.9 Å². The Hall–Kier alpha value is -4.43. The van der Waals surface area contributed by atoms with E-state index < -0.39 is 23.8 Å². The molecule has 4 amide bonds. The summed E-state index contributed by atoms with van der Waals surface area (Å²) in [6, 6.07) is 18.3. The van der Waals surface area contributed by atoms with E-state index in [1.165, 1.54) is 42.5 Å². The number of carbonyl (C=O) groups is 4. The van der Waals surface area contributed by atoms with E-state index in [2.05, 4.69) is 5.32 Å². The SMILES string of the molecule is CCOc1cc(/C=C2\C(=O)NC(=O)N(c3ccc(Cl)cc3)C2=O)ccc1OC(=O)c1ccccc1. The van der Waals surface area contributed by atoms with Gasteiger partial charge in [-0.15, -0.1) is 0 Å². The van der Waals surface area contributed by atoms with Crippen molar-refractivity contribution in [1.29, 1.82) is 0 Å². The number of benzene rings is 3. The lowest BCUT2D eigenvalue weighted by Gasteiger charge is -2.26. The molecule has 1 heterocycles. The van der Waals surface area contributed by atoms with Crippen molar-refractivity contribution >= 4 is 47.2 Å². The van der Waals surface area contributed by atoms with Crippen molar-refractivity contribution in [3.8, 4) is 11.5 Å². The number of nitrogens with one attached hydrogen (secondary N) is 1. The first-order valence-corrected chi connectivity index (χ1v) is 11.0. The molecule has 1 N–H and O–H groups in total. The second kappa shape index (κ2) is 10.2. The summed E-state index contributed by atoms with van der Waals surface area (Å²) in [5.41, 5.74) is 0.805. The van der Waals surface area contributed by atoms with Crippen LogP contribution in [0.5, 0.6) is 11.5 Å². The summed E-state index contributed by atoms with van der Waals surface area (Å²) < 4.78 is 11.1. The van der Waals surface area contributed by atoms with Crippen LogP contribution in [0.25, 0.3) is 6.08 Å². The van der Waals surface area contributed by atoms with Crippen molar-refractivity contribution < 1.29 is 28.7 Å². The molecule has 0 unspecified atom stereocenters. The fourth-order valence-electron chi connectivity index (χ4n) is 3.35. The van der Waals surface area contributed by atoms with Crippen molar-refractivity contribution in [3.63, 3.8) is 0 Å². The average molecular weight is 491 g/mol. The van der Waals surface area contributed by atoms with E-state index in [9.17, 15) is 19.2 Å². The van der Waals surface area contributed by atoms with Crippen LogP contribution in [0.4, 0.5) is 10.5 Å². The summed E-state index contributed by atoms with van der Waals surface area (Å²) in [6.45, 7) is 2.05. The third kappa shape index (κ3) is 5.23. The Labute approximate surface area is 205 Å². The van der Waals surface area contributed by atoms with Gasteiger partial charge in [0.05, 0.1) is 17.9 Å². The molecule has 0 saturated carbocycles. The smallest absolute Gasteiger partial charge is 0.343 e. The lowest BCUT2D eigenvalue weighted by molar-refractivity contribution is -0.122. The molecule has 3 aromatic carbocycles. The maximum Gasteiger partial charge on any atom is 0.343 e. The van der Waals surface area contributed by atoms with Gasteiger partial charge in [-0.2, -0.15) is 0 Å². The van der Waals surface area contributed by atoms with Crippen molar-refractivity contribution in [1.82, 2.24) is 5.32 Å². The average Bonchev–Trinajstić information content (AvgIpc) is 2.85. The van der Waals surface area contributed by atoms with Gasteiger partial charge in [0.2, 0.25) is 0 Å². The number of carbonyl (C=O) groups excluding carboxylic acids is 4. The zero-order valence-electron chi connectivity index (χ0n) is 18.5. The van der Waals surface area contributed by atoms with Crippen LogP contribution in [-0.4, -0.2) is 30.4 Å². The quantitative estimate of drug-likeness (QED) is 0.234. The van der Waals surface area contributed by atoms with E-state index in [0.717, 1.165) is 4.90 Å². The van der Waals surface area contributed by atoms with Gasteiger partial charge in [0.25, 0.3) is 11.8 Å². The Morgan fingerprint density at radius 3 is 2.37 bits per heavy atom. The Morgan fingerprint density at radius 1 is 0.971 bits per heavy atom. The van der Waals surface area contributed by atoms with Gasteiger partial charge < -0.3 is 9.47 Å². The third-order valence-electron chi connectivity index (χ3n) is 4.98. The lowest BCUT2D eigenvalue weighted by Crippen LogP contribution is -2.54. The number of amides is 4. The van der Waals surface area contributed by atoms with E-state index in [4.69, 9.17) is 21.1 Å². The van der Waals surface area contributed by atoms with Crippen LogP contribution in [0.3, 0.4) is 0 Å². The standard InChI is InChI=1S/C26H19ClN2O6/c1-2-34-22-15-16(8-13-21(22)35-25(32)17-6-4-3-5-7-17)14-20-23(30)28-26(33)29(24(20)31)19-11-9-18(27)10-12-19/h3-15H,2H2,1H3,(H,28,30,33)/b20-14+. The van der Waals surface area contributed by atoms with E-state index in [1.54, 1.807) is 43.3 Å². The molecule has 176 valence electrons. The van der Waals surface area contributed by atoms with Crippen LogP contribution in [0.15, 0.2) is 78.4 Å². The van der Waals surface area contributed by atoms with Crippen molar-refractivity contribution in [2.75, 3.05) is 11.5 Å². The molecule has 1 fully saturated rings. The van der Waals surface area contributed by atoms with E-state index >= 15 is 0 Å². The Balaban J connectivity index is 1.64. The molecule has 1 saturated heterocycles. The molecule has 0 bridgehead atoms. The van der Waals surface area contributed by atoms with Gasteiger partial charge >= 0.3 is 12.0 Å². The molecule has 8 nitrogen and oxygen atoms in total. The molecule has 0 aromatic heterocycles. The summed E-state index contributed by atoms with van der Waals surface area (Å²) in [5.74, 6) is -1.75. The molecule has 0 atom stereocenters. The number of ether oxygens (including phenoxy) is 2. The number of esters is 1. The minimum absolute atomic E-state index is 0.181. The van der Waals surface area contributed by atoms with Crippen LogP contribution in [0, 0.1) is 0 Å². The maximum atomic E-state index is 13.1. The minimum atomic E-state index is -0.863. The van der Waals surface area contributed by atoms with Crippen LogP contribution >= 0.6 is 11.6 Å². The van der Waals surface area contributed by atoms with E-state index in [1.807, 2.05) is 0 Å². The Bertz CT molecular complexity index is 1340. The fraction of sp³-hybridized carbons (Fsp3) is 0.0769. The monoisotopic (exact) mass is 490 g/mol. The second-order valence-electron chi connectivity index (χ2n) is 7.33. The van der Waals surface area contributed by atoms with Gasteiger partial charge in [-0.3, -0.25) is 14.9 Å². The maximum absolute atomic E-state index is 13.1. The van der Waals surface area contributed by atoms with Gasteiger partial charge in [0.15, 0.2) is 11.5 Å². The first-order valence-electron chi connectivity index (χ1n) is 10.6. The summed E-state index contributed by atoms with van der Waals surface area (Å²) in [6.07, 6.45) is 1.33. The highest BCUT2D eigenvalue weighted by Gasteiger charge is 2.36. The van der Waals surface area contributed by atoms with Gasteiger partial charge in [0.1, 0.15) is 5.57 Å². The zero-order chi connectivity index (χ0) is 24.9. The van der Waals surface area contributed by atoms with Crippen LogP contribution in [0.1, 0.15) is 22.8 Å². The number of imide groups is 2. The number of hydrogen-bond donors (Lipinski definition) is 1. The fourth-order valence-corrected chi connectivity index (χ4v) is 3.47. The first-order chi connectivity index (χ1) is 16.9. The Morgan fingerprint density at radius 2 is 1.69 bits per heavy atom. The summed E-state index contributed by atoms with van der Waals surface area (Å²) in [7, 11) is 0. The highest BCUT2D eigenvalue weighted by Crippen LogP contribution is 2.31. The molecule has 0 spiro atoms. The third-order valence-corrected chi connectivity index (χ3v) is 5.23. The van der Waals surface area contributed by atoms with Gasteiger partial charge in [0, 0.05) is 5.02 Å². The van der Waals surface area contributed by atoms with Crippen molar-refractivity contribution in [2.45, 2.75) is 6.92 Å². The first kappa shape index (κ1) is 23.7. The number of hydrogen-bond acceptors (Lipinski definition) is 6. The molecule has 4 rings (SSSR count). The summed E-state index contributed by atoms with van der Waals surface area (Å²) in [4.78, 5) is 51.2. The largest absolute Gasteiger partial charge is 0.490 e. The second-order valence-corrected chi connectivity index (χ2v) is 7.77. The number of urea groups is 1. The van der Waals surface area contributed by atoms with Crippen LogP contribution in [0.2, 0.25) is 5.02 Å². The normalized spacial score (nSPS) is 14.6. The van der Waals surface area contributed by atoms with Gasteiger partial charge in [-0.25, -0.2) is 14.5 Å². The minimum Gasteiger partial charge on any atom is -0.490 e. The van der Waals surface area contributed by atoms with Crippen LogP contribution < -0.4 is 19.7 Å². The molecular formula is C26H19ClN2O6.